The number of nitrogens with zero attached hydrogens (tertiary/aromatic N) is 5. The van der Waals surface area contributed by atoms with Crippen molar-refractivity contribution in [2.75, 3.05) is 33.4 Å². The van der Waals surface area contributed by atoms with Gasteiger partial charge in [0, 0.05) is 49.9 Å². The van der Waals surface area contributed by atoms with E-state index < -0.39 is 5.82 Å². The van der Waals surface area contributed by atoms with Crippen molar-refractivity contribution in [3.8, 4) is 17.3 Å². The van der Waals surface area contributed by atoms with Crippen LogP contribution in [-0.4, -0.2) is 63.9 Å². The molecule has 0 aliphatic carbocycles. The van der Waals surface area contributed by atoms with Gasteiger partial charge < -0.3 is 15.2 Å². The van der Waals surface area contributed by atoms with Gasteiger partial charge in [0.05, 0.1) is 12.1 Å². The highest BCUT2D eigenvalue weighted by Gasteiger charge is 2.25. The average molecular weight is 451 g/mol. The van der Waals surface area contributed by atoms with Crippen LogP contribution in [0.25, 0.3) is 28.1 Å². The van der Waals surface area contributed by atoms with Crippen molar-refractivity contribution >= 4 is 16.6 Å². The number of methoxy groups -OCH3 is 1. The predicted octanol–water partition coefficient (Wildman–Crippen LogP) is 3.20. The van der Waals surface area contributed by atoms with Crippen molar-refractivity contribution < 1.29 is 13.9 Å². The molecule has 3 aromatic heterocycles. The number of halogens is 1. The molecule has 1 fully saturated rings. The van der Waals surface area contributed by atoms with Gasteiger partial charge in [0.2, 0.25) is 0 Å². The molecular formula is C24H27FN6O2. The molecule has 4 heterocycles. The van der Waals surface area contributed by atoms with Gasteiger partial charge in [-0.1, -0.05) is 12.1 Å². The summed E-state index contributed by atoms with van der Waals surface area (Å²) in [4.78, 5) is 7.12. The van der Waals surface area contributed by atoms with Crippen LogP contribution < -0.4 is 10.5 Å². The molecule has 0 unspecified atom stereocenters. The molecule has 0 amide bonds. The Hall–Kier alpha value is -3.14. The van der Waals surface area contributed by atoms with Crippen molar-refractivity contribution in [2.45, 2.75) is 25.4 Å². The minimum absolute atomic E-state index is 0.148. The van der Waals surface area contributed by atoms with E-state index in [2.05, 4.69) is 34.3 Å². The van der Waals surface area contributed by atoms with Gasteiger partial charge in [-0.3, -0.25) is 9.30 Å². The zero-order chi connectivity index (χ0) is 22.9. The molecular weight excluding hydrogens is 423 g/mol. The van der Waals surface area contributed by atoms with Gasteiger partial charge in [-0.25, -0.2) is 9.37 Å². The van der Waals surface area contributed by atoms with Gasteiger partial charge in [-0.15, -0.1) is 10.2 Å². The first-order valence-corrected chi connectivity index (χ1v) is 11.1. The van der Waals surface area contributed by atoms with Gasteiger partial charge in [0.15, 0.2) is 23.0 Å². The summed E-state index contributed by atoms with van der Waals surface area (Å²) in [6, 6.07) is 11.2. The van der Waals surface area contributed by atoms with Gasteiger partial charge in [0.1, 0.15) is 12.3 Å². The summed E-state index contributed by atoms with van der Waals surface area (Å²) in [6.45, 7) is 4.72. The van der Waals surface area contributed by atoms with Gasteiger partial charge >= 0.3 is 0 Å². The maximum Gasteiger partial charge on any atom is 0.187 e. The molecule has 0 spiro atoms. The lowest BCUT2D eigenvalue weighted by molar-refractivity contribution is 0.144. The first-order chi connectivity index (χ1) is 16.0. The molecule has 1 aliphatic heterocycles. The monoisotopic (exact) mass is 450 g/mol. The number of benzene rings is 1. The fourth-order valence-corrected chi connectivity index (χ4v) is 4.30. The summed E-state index contributed by atoms with van der Waals surface area (Å²) < 4.78 is 26.8. The van der Waals surface area contributed by atoms with Crippen LogP contribution in [0.4, 0.5) is 4.39 Å². The second-order valence-electron chi connectivity index (χ2n) is 8.45. The SMILES string of the molecule is COCCOc1cc2nc(-c3nnc4ccc([C@H](C)N5CC[C@H](N)C5)cn34)ccc2cc1F. The molecule has 1 aromatic carbocycles. The summed E-state index contributed by atoms with van der Waals surface area (Å²) in [5, 5.41) is 9.37. The number of rotatable bonds is 7. The fourth-order valence-electron chi connectivity index (χ4n) is 4.30. The van der Waals surface area contributed by atoms with Crippen LogP contribution in [0.2, 0.25) is 0 Å². The summed E-state index contributed by atoms with van der Waals surface area (Å²) in [5.74, 6) is 0.349. The fraction of sp³-hybridized carbons (Fsp3) is 0.375. The lowest BCUT2D eigenvalue weighted by Crippen LogP contribution is -2.28. The topological polar surface area (TPSA) is 90.8 Å². The third-order valence-corrected chi connectivity index (χ3v) is 6.23. The Morgan fingerprint density at radius 1 is 1.18 bits per heavy atom. The molecule has 0 radical (unpaired) electrons. The van der Waals surface area contributed by atoms with Crippen LogP contribution in [0.5, 0.6) is 5.75 Å². The second-order valence-corrected chi connectivity index (χ2v) is 8.45. The third-order valence-electron chi connectivity index (χ3n) is 6.23. The van der Waals surface area contributed by atoms with Crippen molar-refractivity contribution in [1.29, 1.82) is 0 Å². The summed E-state index contributed by atoms with van der Waals surface area (Å²) >= 11 is 0. The smallest absolute Gasteiger partial charge is 0.187 e. The number of hydrogen-bond acceptors (Lipinski definition) is 7. The Morgan fingerprint density at radius 3 is 2.85 bits per heavy atom. The van der Waals surface area contributed by atoms with Gasteiger partial charge in [0.25, 0.3) is 0 Å². The van der Waals surface area contributed by atoms with Crippen molar-refractivity contribution in [3.63, 3.8) is 0 Å². The third kappa shape index (κ3) is 4.27. The van der Waals surface area contributed by atoms with E-state index in [-0.39, 0.29) is 24.4 Å². The van der Waals surface area contributed by atoms with Crippen LogP contribution >= 0.6 is 0 Å². The highest BCUT2D eigenvalue weighted by molar-refractivity contribution is 5.82. The van der Waals surface area contributed by atoms with Crippen molar-refractivity contribution in [1.82, 2.24) is 24.5 Å². The summed E-state index contributed by atoms with van der Waals surface area (Å²) in [5.41, 5.74) is 9.27. The zero-order valence-electron chi connectivity index (χ0n) is 18.7. The van der Waals surface area contributed by atoms with Crippen molar-refractivity contribution in [3.05, 3.63) is 54.0 Å². The number of nitrogens with two attached hydrogens (primary N) is 1. The number of pyridine rings is 2. The maximum atomic E-state index is 14.4. The molecule has 5 rings (SSSR count). The molecule has 2 N–H and O–H groups in total. The van der Waals surface area contributed by atoms with E-state index in [1.54, 1.807) is 13.2 Å². The Balaban J connectivity index is 1.50. The predicted molar refractivity (Wildman–Crippen MR) is 124 cm³/mol. The molecule has 9 heteroatoms. The molecule has 33 heavy (non-hydrogen) atoms. The van der Waals surface area contributed by atoms with Crippen LogP contribution in [0, 0.1) is 5.82 Å². The van der Waals surface area contributed by atoms with E-state index >= 15 is 0 Å². The Labute approximate surface area is 191 Å². The standard InChI is InChI=1S/C24H27FN6O2/c1-15(30-8-7-18(26)14-30)17-4-6-23-28-29-24(31(23)13-17)20-5-3-16-11-19(25)22(12-21(16)27-20)33-10-9-32-2/h3-6,11-13,15,18H,7-10,14,26H2,1-2H3/t15-,18-/m0/s1. The van der Waals surface area contributed by atoms with E-state index in [1.807, 2.05) is 22.6 Å². The number of fused-ring (bicyclic) bond motifs is 2. The first kappa shape index (κ1) is 21.7. The largest absolute Gasteiger partial charge is 0.488 e. The molecule has 4 aromatic rings. The first-order valence-electron chi connectivity index (χ1n) is 11.1. The van der Waals surface area contributed by atoms with E-state index in [4.69, 9.17) is 20.2 Å². The van der Waals surface area contributed by atoms with Crippen LogP contribution in [0.1, 0.15) is 24.9 Å². The number of ether oxygens (including phenoxy) is 2. The number of aromatic nitrogens is 4. The van der Waals surface area contributed by atoms with Crippen LogP contribution in [0.3, 0.4) is 0 Å². The minimum Gasteiger partial charge on any atom is -0.488 e. The molecule has 1 saturated heterocycles. The maximum absolute atomic E-state index is 14.4. The van der Waals surface area contributed by atoms with E-state index in [1.165, 1.54) is 6.07 Å². The molecule has 0 saturated carbocycles. The van der Waals surface area contributed by atoms with E-state index in [9.17, 15) is 4.39 Å². The molecule has 8 nitrogen and oxygen atoms in total. The average Bonchev–Trinajstić information content (AvgIpc) is 3.44. The Bertz CT molecular complexity index is 1290. The second kappa shape index (κ2) is 9.01. The summed E-state index contributed by atoms with van der Waals surface area (Å²) in [6.07, 6.45) is 3.08. The van der Waals surface area contributed by atoms with Crippen LogP contribution in [0.15, 0.2) is 42.6 Å². The molecule has 1 aliphatic rings. The molecule has 0 bridgehead atoms. The highest BCUT2D eigenvalue weighted by atomic mass is 19.1. The lowest BCUT2D eigenvalue weighted by Gasteiger charge is -2.24. The molecule has 172 valence electrons. The Kier molecular flexibility index (Phi) is 5.92. The molecule has 2 atom stereocenters. The van der Waals surface area contributed by atoms with Crippen molar-refractivity contribution in [2.24, 2.45) is 5.73 Å². The lowest BCUT2D eigenvalue weighted by atomic mass is 10.1. The van der Waals surface area contributed by atoms with E-state index in [0.29, 0.717) is 29.0 Å². The van der Waals surface area contributed by atoms with E-state index in [0.717, 1.165) is 30.7 Å². The Morgan fingerprint density at radius 2 is 2.06 bits per heavy atom. The van der Waals surface area contributed by atoms with Gasteiger partial charge in [-0.05, 0) is 37.1 Å². The zero-order valence-corrected chi connectivity index (χ0v) is 18.7. The summed E-state index contributed by atoms with van der Waals surface area (Å²) in [7, 11) is 1.57. The quantitative estimate of drug-likeness (QED) is 0.433. The normalized spacial score (nSPS) is 17.8. The van der Waals surface area contributed by atoms with Crippen LogP contribution in [-0.2, 0) is 4.74 Å². The number of hydrogen-bond donors (Lipinski definition) is 1. The van der Waals surface area contributed by atoms with Gasteiger partial charge in [-0.2, -0.15) is 0 Å². The minimum atomic E-state index is -0.429. The number of likely N-dealkylation sites (tertiary alicyclic amines) is 1. The highest BCUT2D eigenvalue weighted by Crippen LogP contribution is 2.28.